The van der Waals surface area contributed by atoms with Gasteiger partial charge in [-0.15, -0.1) is 0 Å². The molecule has 6 heteroatoms. The first kappa shape index (κ1) is 13.7. The number of hydrogen-bond acceptors (Lipinski definition) is 4. The first-order chi connectivity index (χ1) is 9.01. The molecule has 0 saturated carbocycles. The zero-order valence-corrected chi connectivity index (χ0v) is 11.5. The molecule has 0 spiro atoms. The van der Waals surface area contributed by atoms with Crippen molar-refractivity contribution in [1.82, 2.24) is 5.32 Å². The summed E-state index contributed by atoms with van der Waals surface area (Å²) in [6.45, 7) is 1.88. The molecule has 0 aliphatic carbocycles. The molecule has 5 nitrogen and oxygen atoms in total. The molecule has 1 fully saturated rings. The van der Waals surface area contributed by atoms with E-state index in [9.17, 15) is 9.59 Å². The fraction of sp³-hybridized carbons (Fsp3) is 0.385. The average molecular weight is 283 g/mol. The van der Waals surface area contributed by atoms with Crippen LogP contribution in [0.1, 0.15) is 18.4 Å². The fourth-order valence-electron chi connectivity index (χ4n) is 1.96. The van der Waals surface area contributed by atoms with Gasteiger partial charge in [0.25, 0.3) is 0 Å². The predicted molar refractivity (Wildman–Crippen MR) is 72.5 cm³/mol. The van der Waals surface area contributed by atoms with E-state index < -0.39 is 6.04 Å². The van der Waals surface area contributed by atoms with E-state index in [1.165, 1.54) is 0 Å². The van der Waals surface area contributed by atoms with Crippen LogP contribution in [0.25, 0.3) is 0 Å². The van der Waals surface area contributed by atoms with Crippen molar-refractivity contribution >= 4 is 29.1 Å². The van der Waals surface area contributed by atoms with Crippen molar-refractivity contribution in [1.29, 1.82) is 0 Å². The smallest absolute Gasteiger partial charge is 0.249 e. The number of hydrogen-bond donors (Lipinski definition) is 2. The van der Waals surface area contributed by atoms with Gasteiger partial charge in [-0.05, 0) is 31.0 Å². The Hall–Kier alpha value is -1.75. The molecule has 1 heterocycles. The van der Waals surface area contributed by atoms with Crippen LogP contribution in [0.3, 0.4) is 0 Å². The average Bonchev–Trinajstić information content (AvgIpc) is 2.36. The molecule has 2 N–H and O–H groups in total. The maximum atomic E-state index is 11.7. The zero-order chi connectivity index (χ0) is 14.0. The van der Waals surface area contributed by atoms with Crippen LogP contribution in [-0.2, 0) is 9.59 Å². The van der Waals surface area contributed by atoms with Crippen molar-refractivity contribution in [2.45, 2.75) is 25.8 Å². The second-order valence-electron chi connectivity index (χ2n) is 4.45. The lowest BCUT2D eigenvalue weighted by atomic mass is 10.1. The number of piperidine rings is 1. The summed E-state index contributed by atoms with van der Waals surface area (Å²) in [7, 11) is 1.55. The molecule has 19 heavy (non-hydrogen) atoms. The van der Waals surface area contributed by atoms with Crippen LogP contribution in [0.2, 0.25) is 5.02 Å². The Morgan fingerprint density at radius 1 is 1.42 bits per heavy atom. The highest BCUT2D eigenvalue weighted by Gasteiger charge is 2.27. The molecule has 1 unspecified atom stereocenters. The van der Waals surface area contributed by atoms with Crippen molar-refractivity contribution in [3.8, 4) is 5.75 Å². The molecule has 1 aromatic rings. The third-order valence-corrected chi connectivity index (χ3v) is 3.46. The number of methoxy groups -OCH3 is 1. The summed E-state index contributed by atoms with van der Waals surface area (Å²) in [5.74, 6) is 0.0542. The highest BCUT2D eigenvalue weighted by Crippen LogP contribution is 2.31. The Morgan fingerprint density at radius 2 is 2.16 bits per heavy atom. The Balaban J connectivity index is 2.21. The van der Waals surface area contributed by atoms with Crippen LogP contribution in [0.15, 0.2) is 12.1 Å². The summed E-state index contributed by atoms with van der Waals surface area (Å²) in [6.07, 6.45) is 0.782. The van der Waals surface area contributed by atoms with Gasteiger partial charge in [0.05, 0.1) is 12.8 Å². The van der Waals surface area contributed by atoms with Crippen LogP contribution >= 0.6 is 11.6 Å². The summed E-state index contributed by atoms with van der Waals surface area (Å²) in [6, 6.07) is 3.07. The summed E-state index contributed by atoms with van der Waals surface area (Å²) >= 11 is 6.07. The first-order valence-electron chi connectivity index (χ1n) is 5.95. The monoisotopic (exact) mass is 282 g/mol. The van der Waals surface area contributed by atoms with Gasteiger partial charge in [0.2, 0.25) is 11.8 Å². The molecule has 0 aromatic heterocycles. The van der Waals surface area contributed by atoms with Gasteiger partial charge in [0.1, 0.15) is 11.8 Å². The van der Waals surface area contributed by atoms with Crippen LogP contribution in [0.5, 0.6) is 5.75 Å². The highest BCUT2D eigenvalue weighted by atomic mass is 35.5. The molecular formula is C13H15ClN2O3. The molecule has 1 aliphatic rings. The summed E-state index contributed by atoms with van der Waals surface area (Å²) < 4.78 is 5.26. The predicted octanol–water partition coefficient (Wildman–Crippen LogP) is 1.87. The number of carbonyl (C=O) groups excluding carboxylic acids is 2. The lowest BCUT2D eigenvalue weighted by molar-refractivity contribution is -0.133. The second kappa shape index (κ2) is 5.48. The van der Waals surface area contributed by atoms with Gasteiger partial charge in [-0.2, -0.15) is 0 Å². The first-order valence-corrected chi connectivity index (χ1v) is 6.33. The lowest BCUT2D eigenvalue weighted by Gasteiger charge is -2.24. The largest absolute Gasteiger partial charge is 0.495 e. The van der Waals surface area contributed by atoms with Gasteiger partial charge in [-0.25, -0.2) is 0 Å². The van der Waals surface area contributed by atoms with Crippen LogP contribution in [-0.4, -0.2) is 25.0 Å². The summed E-state index contributed by atoms with van der Waals surface area (Å²) in [5, 5.41) is 5.96. The van der Waals surface area contributed by atoms with Gasteiger partial charge >= 0.3 is 0 Å². The van der Waals surface area contributed by atoms with E-state index in [2.05, 4.69) is 10.6 Å². The van der Waals surface area contributed by atoms with Gasteiger partial charge in [0, 0.05) is 11.4 Å². The van der Waals surface area contributed by atoms with Crippen LogP contribution < -0.4 is 15.4 Å². The third-order valence-electron chi connectivity index (χ3n) is 3.05. The van der Waals surface area contributed by atoms with Crippen molar-refractivity contribution in [2.75, 3.05) is 12.4 Å². The van der Waals surface area contributed by atoms with E-state index in [0.717, 1.165) is 5.56 Å². The van der Waals surface area contributed by atoms with Crippen LogP contribution in [0.4, 0.5) is 5.69 Å². The van der Waals surface area contributed by atoms with E-state index in [1.807, 2.05) is 6.92 Å². The molecule has 1 aromatic carbocycles. The number of rotatable bonds is 3. The van der Waals surface area contributed by atoms with Gasteiger partial charge in [-0.1, -0.05) is 11.6 Å². The summed E-state index contributed by atoms with van der Waals surface area (Å²) in [4.78, 5) is 22.8. The van der Waals surface area contributed by atoms with Gasteiger partial charge in [-0.3, -0.25) is 14.9 Å². The van der Waals surface area contributed by atoms with Gasteiger partial charge < -0.3 is 10.1 Å². The van der Waals surface area contributed by atoms with E-state index in [1.54, 1.807) is 19.2 Å². The molecule has 1 aliphatic heterocycles. The van der Waals surface area contributed by atoms with E-state index in [-0.39, 0.29) is 11.8 Å². The number of amides is 2. The van der Waals surface area contributed by atoms with Crippen molar-refractivity contribution in [2.24, 2.45) is 0 Å². The minimum atomic E-state index is -0.453. The minimum absolute atomic E-state index is 0.239. The Bertz CT molecular complexity index is 531. The fourth-order valence-corrected chi connectivity index (χ4v) is 2.12. The number of carbonyl (C=O) groups is 2. The molecule has 1 atom stereocenters. The maximum Gasteiger partial charge on any atom is 0.249 e. The number of halogens is 1. The standard InChI is InChI=1S/C13H15ClN2O3/c1-7-5-11(19-2)10(6-8(7)14)15-9-3-4-12(17)16-13(9)18/h5-6,9,15H,3-4H2,1-2H3,(H,16,17,18). The van der Waals surface area contributed by atoms with Crippen molar-refractivity contribution < 1.29 is 14.3 Å². The van der Waals surface area contributed by atoms with Crippen LogP contribution in [0, 0.1) is 6.92 Å². The quantitative estimate of drug-likeness (QED) is 0.831. The number of ether oxygens (including phenoxy) is 1. The minimum Gasteiger partial charge on any atom is -0.495 e. The Kier molecular flexibility index (Phi) is 3.95. The number of nitrogens with one attached hydrogen (secondary N) is 2. The molecule has 2 rings (SSSR count). The van der Waals surface area contributed by atoms with E-state index in [0.29, 0.717) is 29.3 Å². The Labute approximate surface area is 116 Å². The van der Waals surface area contributed by atoms with E-state index >= 15 is 0 Å². The molecule has 0 radical (unpaired) electrons. The molecule has 2 amide bonds. The molecule has 1 saturated heterocycles. The SMILES string of the molecule is COc1cc(C)c(Cl)cc1NC1CCC(=O)NC1=O. The Morgan fingerprint density at radius 3 is 2.79 bits per heavy atom. The van der Waals surface area contributed by atoms with Crippen molar-refractivity contribution in [3.63, 3.8) is 0 Å². The van der Waals surface area contributed by atoms with Gasteiger partial charge in [0.15, 0.2) is 0 Å². The maximum absolute atomic E-state index is 11.7. The topological polar surface area (TPSA) is 67.4 Å². The van der Waals surface area contributed by atoms with Crippen molar-refractivity contribution in [3.05, 3.63) is 22.7 Å². The molecular weight excluding hydrogens is 268 g/mol. The number of anilines is 1. The summed E-state index contributed by atoms with van der Waals surface area (Å²) in [5.41, 5.74) is 1.54. The zero-order valence-electron chi connectivity index (χ0n) is 10.7. The number of benzene rings is 1. The number of aryl methyl sites for hydroxylation is 1. The second-order valence-corrected chi connectivity index (χ2v) is 4.86. The lowest BCUT2D eigenvalue weighted by Crippen LogP contribution is -2.47. The highest BCUT2D eigenvalue weighted by molar-refractivity contribution is 6.31. The third kappa shape index (κ3) is 2.98. The molecule has 0 bridgehead atoms. The van der Waals surface area contributed by atoms with E-state index in [4.69, 9.17) is 16.3 Å². The normalized spacial score (nSPS) is 19.0. The number of imide groups is 1. The molecule has 102 valence electrons.